The molecule has 0 aromatic carbocycles. The average molecular weight is 1130 g/mol. The highest BCUT2D eigenvalue weighted by Gasteiger charge is 2.72. The molecule has 0 amide bonds. The number of ketones is 2. The first-order chi connectivity index (χ1) is 38.0. The molecule has 4 unspecified atom stereocenters. The van der Waals surface area contributed by atoms with Crippen molar-refractivity contribution in [1.29, 1.82) is 0 Å². The van der Waals surface area contributed by atoms with Gasteiger partial charge in [-0.25, -0.2) is 0 Å². The van der Waals surface area contributed by atoms with Gasteiger partial charge >= 0.3 is 24.7 Å². The molecule has 4 aliphatic carbocycles. The smallest absolute Gasteiger partial charge is 0.413 e. The molecule has 0 aromatic rings. The zero-order valence-electron chi connectivity index (χ0n) is 56.4. The molecule has 4 rings (SSSR count). The number of alkyl halides is 12. The number of fused-ring (bicyclic) bond motifs is 2. The van der Waals surface area contributed by atoms with Crippen LogP contribution < -0.4 is 0 Å². The van der Waals surface area contributed by atoms with Crippen LogP contribution in [0.1, 0.15) is 187 Å². The highest BCUT2D eigenvalue weighted by molar-refractivity contribution is 6.70. The largest absolute Gasteiger partial charge is 0.429 e. The summed E-state index contributed by atoms with van der Waals surface area (Å²) in [5, 5.41) is 20.2. The number of carbonyl (C=O) groups is 2. The first kappa shape index (κ1) is 49.3. The zero-order chi connectivity index (χ0) is 67.4. The van der Waals surface area contributed by atoms with Crippen LogP contribution in [0.4, 0.5) is 52.7 Å². The van der Waals surface area contributed by atoms with E-state index >= 15 is 0 Å². The normalized spacial score (nSPS) is 31.1. The molecule has 4 saturated carbocycles. The number of aliphatic hydroxyl groups is 2. The van der Waals surface area contributed by atoms with Crippen molar-refractivity contribution >= 4 is 28.2 Å². The van der Waals surface area contributed by atoms with Gasteiger partial charge in [0.15, 0.2) is 16.6 Å². The predicted octanol–water partition coefficient (Wildman–Crippen LogP) is 16.8. The number of hydrogen-bond donors (Lipinski definition) is 2. The molecule has 8 atom stereocenters. The molecule has 0 heterocycles. The highest BCUT2D eigenvalue weighted by atomic mass is 28.4. The zero-order valence-corrected chi connectivity index (χ0v) is 46.4. The Morgan fingerprint density at radius 1 is 0.581 bits per heavy atom. The second-order valence-corrected chi connectivity index (χ2v) is 33.7. The molecule has 0 aliphatic heterocycles. The van der Waals surface area contributed by atoms with E-state index < -0.39 is 132 Å². The summed E-state index contributed by atoms with van der Waals surface area (Å²) in [6.45, 7) is 3.18. The number of carbonyl (C=O) groups excluding carboxylic acids is 2. The Balaban J connectivity index is 0.000000458. The van der Waals surface area contributed by atoms with Crippen molar-refractivity contribution in [2.45, 2.75) is 257 Å². The van der Waals surface area contributed by atoms with Crippen LogP contribution in [0.3, 0.4) is 0 Å². The molecule has 20 heteroatoms. The van der Waals surface area contributed by atoms with E-state index in [1.54, 1.807) is 33.5 Å². The van der Waals surface area contributed by atoms with Gasteiger partial charge in [-0.3, -0.25) is 9.59 Å². The maximum atomic E-state index is 14.3. The number of halogens is 12. The molecule has 4 aliphatic rings. The fourth-order valence-corrected chi connectivity index (χ4v) is 15.8. The lowest BCUT2D eigenvalue weighted by Gasteiger charge is -2.48. The maximum Gasteiger partial charge on any atom is 0.429 e. The molecule has 4 fully saturated rings. The monoisotopic (exact) mass is 1130 g/mol. The van der Waals surface area contributed by atoms with Gasteiger partial charge in [0.2, 0.25) is 0 Å². The molecule has 74 heavy (non-hydrogen) atoms. The Bertz CT molecular complexity index is 2340. The van der Waals surface area contributed by atoms with Gasteiger partial charge in [0.1, 0.15) is 11.6 Å². The third-order valence-electron chi connectivity index (χ3n) is 16.5. The molecular weight excluding hydrogens is 1030 g/mol. The van der Waals surface area contributed by atoms with Crippen molar-refractivity contribution in [2.75, 3.05) is 0 Å². The third kappa shape index (κ3) is 15.8. The number of hydrogen-bond acceptors (Lipinski definition) is 6. The summed E-state index contributed by atoms with van der Waals surface area (Å²) in [6.07, 6.45) is -19.4. The molecule has 0 spiro atoms. The SMILES string of the molecule is [2H]C([2H])([2H])C(CCCC(C)(C/C=C/C(O[Si](C)(C)C)(C(F)(F)F)C(F)(F)F)[C@H]1CCC2C(=O)CCC[C@@]21C)(O[Si](C)(C)C)C([2H])([2H])[2H].[2H]C([2H])([2H])C(O)(CCCC(C)(C/C=C/C(O)(C(F)(F)F)C(F)(F)F)[C@H]1CCC2C(=O)CCC[C@@]21C)C([2H])([2H])[2H]. The third-order valence-corrected chi connectivity index (χ3v) is 18.4. The number of allylic oxidation sites excluding steroid dienone is 2. The van der Waals surface area contributed by atoms with E-state index in [9.17, 15) is 72.5 Å². The van der Waals surface area contributed by atoms with Crippen molar-refractivity contribution in [1.82, 2.24) is 0 Å². The van der Waals surface area contributed by atoms with Gasteiger partial charge in [-0.15, -0.1) is 0 Å². The van der Waals surface area contributed by atoms with Gasteiger partial charge in [-0.1, -0.05) is 52.7 Å². The summed E-state index contributed by atoms with van der Waals surface area (Å²) in [5.41, 5.74) is -18.5. The fourth-order valence-electron chi connectivity index (χ4n) is 13.4. The minimum Gasteiger partial charge on any atom is -0.413 e. The van der Waals surface area contributed by atoms with Gasteiger partial charge in [-0.2, -0.15) is 52.7 Å². The van der Waals surface area contributed by atoms with Crippen LogP contribution in [0.25, 0.3) is 0 Å². The molecule has 432 valence electrons. The van der Waals surface area contributed by atoms with Crippen LogP contribution in [0.2, 0.25) is 39.3 Å². The lowest BCUT2D eigenvalue weighted by Crippen LogP contribution is -2.61. The lowest BCUT2D eigenvalue weighted by molar-refractivity contribution is -0.347. The quantitative estimate of drug-likeness (QED) is 0.0717. The van der Waals surface area contributed by atoms with Gasteiger partial charge in [-0.05, 0) is 202 Å². The molecule has 0 bridgehead atoms. The van der Waals surface area contributed by atoms with Crippen molar-refractivity contribution in [2.24, 2.45) is 45.3 Å². The summed E-state index contributed by atoms with van der Waals surface area (Å²) in [4.78, 5) is 25.6. The number of Topliss-reactive ketones (excluding diaryl/α,β-unsaturated/α-hetero) is 2. The molecule has 0 saturated heterocycles. The van der Waals surface area contributed by atoms with Gasteiger partial charge in [0, 0.05) is 41.1 Å². The second-order valence-electron chi connectivity index (χ2n) is 24.9. The second kappa shape index (κ2) is 22.8. The first-order valence-electron chi connectivity index (χ1n) is 31.5. The summed E-state index contributed by atoms with van der Waals surface area (Å²) in [6, 6.07) is 0. The van der Waals surface area contributed by atoms with E-state index in [1.807, 2.05) is 13.8 Å². The van der Waals surface area contributed by atoms with Crippen LogP contribution >= 0.6 is 0 Å². The summed E-state index contributed by atoms with van der Waals surface area (Å²) in [7, 11) is -6.19. The van der Waals surface area contributed by atoms with E-state index in [2.05, 4.69) is 0 Å². The minimum atomic E-state index is -6.05. The van der Waals surface area contributed by atoms with Crippen LogP contribution in [0.5, 0.6) is 0 Å². The van der Waals surface area contributed by atoms with Gasteiger partial charge < -0.3 is 19.1 Å². The van der Waals surface area contributed by atoms with E-state index in [0.717, 1.165) is 6.08 Å². The average Bonchev–Trinajstić information content (AvgIpc) is 1.43. The summed E-state index contributed by atoms with van der Waals surface area (Å²) >= 11 is 0. The Kier molecular flexibility index (Phi) is 15.2. The molecular formula is C54H88F12O6Si2. The number of rotatable bonds is 20. The van der Waals surface area contributed by atoms with Gasteiger partial charge in [0.05, 0.1) is 11.2 Å². The highest BCUT2D eigenvalue weighted by Crippen LogP contribution is 2.64. The molecule has 6 nitrogen and oxygen atoms in total. The van der Waals surface area contributed by atoms with Crippen LogP contribution in [-0.2, 0) is 18.4 Å². The minimum absolute atomic E-state index is 0.0341. The predicted molar refractivity (Wildman–Crippen MR) is 269 cm³/mol. The Labute approximate surface area is 452 Å². The Morgan fingerprint density at radius 3 is 1.32 bits per heavy atom. The van der Waals surface area contributed by atoms with Crippen molar-refractivity contribution in [3.63, 3.8) is 0 Å². The Hall–Kier alpha value is -1.75. The van der Waals surface area contributed by atoms with E-state index in [1.165, 1.54) is 19.6 Å². The van der Waals surface area contributed by atoms with E-state index in [0.29, 0.717) is 70.3 Å². The summed E-state index contributed by atoms with van der Waals surface area (Å²) in [5.74, 6) is -1.23. The Morgan fingerprint density at radius 2 is 0.973 bits per heavy atom. The van der Waals surface area contributed by atoms with Crippen molar-refractivity contribution < 1.29 is 97.8 Å². The molecule has 0 aromatic heterocycles. The van der Waals surface area contributed by atoms with E-state index in [4.69, 9.17) is 25.3 Å². The van der Waals surface area contributed by atoms with Crippen molar-refractivity contribution in [3.8, 4) is 0 Å². The van der Waals surface area contributed by atoms with E-state index in [-0.39, 0.29) is 79.5 Å². The lowest BCUT2D eigenvalue weighted by atomic mass is 9.56. The van der Waals surface area contributed by atoms with Crippen LogP contribution in [-0.4, -0.2) is 85.5 Å². The topological polar surface area (TPSA) is 93.1 Å². The van der Waals surface area contributed by atoms with Crippen molar-refractivity contribution in [3.05, 3.63) is 24.3 Å². The standard InChI is InChI=1S/C30H52F6O3Si2.C24H36F6O3/c1-25(2,38-40(5,6)7)17-12-18-26(3,24-16-15-22-23(37)14-11-20-27(22,24)4)19-13-21-28(29(31,32)33,30(34,35)36)39-41(8,9)10;1-19(2,32)11-6-12-20(3,13-7-15-22(33,23(25,26)27)24(28,29)30)18-10-9-16-17(31)8-5-14-21(16,18)4/h13,21-22,24H,11-12,14-20H2,1-10H3;7,15-16,18,32-33H,5-6,8-14H2,1-4H3/b21-13+;15-7+/t22?,24-,26?,27+;16?,18-,20?,21+/m11/s1/i2*1D3,2D3. The summed E-state index contributed by atoms with van der Waals surface area (Å²) < 4.78 is 271. The molecule has 0 radical (unpaired) electrons. The van der Waals surface area contributed by atoms with Crippen LogP contribution in [0.15, 0.2) is 24.3 Å². The molecule has 2 N–H and O–H groups in total. The van der Waals surface area contributed by atoms with Crippen LogP contribution in [0, 0.1) is 45.3 Å². The first-order valence-corrected chi connectivity index (χ1v) is 32.3. The van der Waals surface area contributed by atoms with Gasteiger partial charge in [0.25, 0.3) is 11.2 Å². The fraction of sp³-hybridized carbons (Fsp3) is 0.889. The maximum absolute atomic E-state index is 14.3.